The lowest BCUT2D eigenvalue weighted by atomic mass is 10.3. The molecule has 0 unspecified atom stereocenters. The van der Waals surface area contributed by atoms with E-state index in [4.69, 9.17) is 9.47 Å². The largest absolute Gasteiger partial charge is 0.359 e. The number of rotatable bonds is 7. The summed E-state index contributed by atoms with van der Waals surface area (Å²) < 4.78 is 10.8. The van der Waals surface area contributed by atoms with Crippen LogP contribution in [0.5, 0.6) is 0 Å². The normalized spacial score (nSPS) is 13.2. The lowest BCUT2D eigenvalue weighted by Crippen LogP contribution is -2.64. The van der Waals surface area contributed by atoms with E-state index in [0.717, 1.165) is 0 Å². The Hall–Kier alpha value is -0.200. The van der Waals surface area contributed by atoms with Crippen LogP contribution in [0.15, 0.2) is 0 Å². The zero-order valence-electron chi connectivity index (χ0n) is 10.6. The molecule has 0 rings (SSSR count). The van der Waals surface area contributed by atoms with Gasteiger partial charge in [0, 0.05) is 13.2 Å². The first-order valence-electron chi connectivity index (χ1n) is 5.21. The van der Waals surface area contributed by atoms with Gasteiger partial charge >= 0.3 is 0 Å². The van der Waals surface area contributed by atoms with Crippen molar-refractivity contribution < 1.29 is 14.6 Å². The first-order chi connectivity index (χ1) is 6.91. The molecule has 0 saturated carbocycles. The summed E-state index contributed by atoms with van der Waals surface area (Å²) in [6, 6.07) is 0. The summed E-state index contributed by atoms with van der Waals surface area (Å²) in [5, 5.41) is 10.5. The van der Waals surface area contributed by atoms with E-state index in [1.54, 1.807) is 38.0 Å². The summed E-state index contributed by atoms with van der Waals surface area (Å²) in [6.45, 7) is 4.73. The van der Waals surface area contributed by atoms with Gasteiger partial charge < -0.3 is 14.6 Å². The maximum Gasteiger partial charge on any atom is 0.229 e. The molecule has 0 heterocycles. The summed E-state index contributed by atoms with van der Waals surface area (Å²) in [4.78, 5) is 3.34. The minimum Gasteiger partial charge on any atom is -0.359 e. The van der Waals surface area contributed by atoms with Gasteiger partial charge in [0.2, 0.25) is 12.1 Å². The molecular weight excluding hydrogens is 196 g/mol. The molecule has 0 aromatic rings. The lowest BCUT2D eigenvalue weighted by molar-refractivity contribution is -0.326. The quantitative estimate of drug-likeness (QED) is 0.619. The monoisotopic (exact) mass is 220 g/mol. The van der Waals surface area contributed by atoms with Crippen LogP contribution in [0.2, 0.25) is 0 Å². The molecule has 0 atom stereocenters. The molecule has 0 radical (unpaired) electrons. The molecule has 0 spiro atoms. The van der Waals surface area contributed by atoms with Crippen LogP contribution in [0.1, 0.15) is 13.8 Å². The molecule has 0 aromatic carbocycles. The van der Waals surface area contributed by atoms with Gasteiger partial charge in [-0.05, 0) is 42.0 Å². The summed E-state index contributed by atoms with van der Waals surface area (Å²) in [5.74, 6) is -1.26. The van der Waals surface area contributed by atoms with E-state index in [0.29, 0.717) is 13.2 Å². The molecule has 0 aliphatic rings. The topological polar surface area (TPSA) is 45.2 Å². The minimum atomic E-state index is -1.26. The Morgan fingerprint density at radius 1 is 1.00 bits per heavy atom. The smallest absolute Gasteiger partial charge is 0.229 e. The molecule has 0 saturated heterocycles. The minimum absolute atomic E-state index is 0.495. The van der Waals surface area contributed by atoms with Crippen molar-refractivity contribution in [1.82, 2.24) is 9.80 Å². The maximum absolute atomic E-state index is 10.5. The number of ether oxygens (including phenoxy) is 2. The van der Waals surface area contributed by atoms with E-state index in [-0.39, 0.29) is 0 Å². The Labute approximate surface area is 92.6 Å². The summed E-state index contributed by atoms with van der Waals surface area (Å²) in [6.07, 6.45) is -0.683. The number of hydrogen-bond donors (Lipinski definition) is 1. The number of aliphatic hydroxyl groups is 1. The molecule has 0 fully saturated rings. The van der Waals surface area contributed by atoms with Gasteiger partial charge in [-0.2, -0.15) is 0 Å². The highest BCUT2D eigenvalue weighted by Crippen LogP contribution is 2.20. The van der Waals surface area contributed by atoms with Gasteiger partial charge in [-0.15, -0.1) is 0 Å². The van der Waals surface area contributed by atoms with Crippen LogP contribution in [0.3, 0.4) is 0 Å². The van der Waals surface area contributed by atoms with Crippen molar-refractivity contribution in [2.45, 2.75) is 26.0 Å². The summed E-state index contributed by atoms with van der Waals surface area (Å²) >= 11 is 0. The van der Waals surface area contributed by atoms with Crippen LogP contribution in [-0.4, -0.2) is 68.4 Å². The fourth-order valence-electron chi connectivity index (χ4n) is 1.40. The Balaban J connectivity index is 4.82. The van der Waals surface area contributed by atoms with Gasteiger partial charge in [-0.1, -0.05) is 0 Å². The second kappa shape index (κ2) is 6.40. The molecule has 0 aromatic heterocycles. The maximum atomic E-state index is 10.5. The molecular formula is C10H24N2O3. The average Bonchev–Trinajstić information content (AvgIpc) is 2.15. The first kappa shape index (κ1) is 14.8. The predicted molar refractivity (Wildman–Crippen MR) is 59.4 cm³/mol. The van der Waals surface area contributed by atoms with Gasteiger partial charge in [-0.25, -0.2) is 0 Å². The fourth-order valence-corrected chi connectivity index (χ4v) is 1.40. The zero-order chi connectivity index (χ0) is 12.1. The van der Waals surface area contributed by atoms with Gasteiger partial charge in [-0.3, -0.25) is 9.80 Å². The average molecular weight is 220 g/mol. The van der Waals surface area contributed by atoms with E-state index in [2.05, 4.69) is 0 Å². The zero-order valence-corrected chi connectivity index (χ0v) is 10.6. The molecule has 0 amide bonds. The Bertz CT molecular complexity index is 160. The number of nitrogens with zero attached hydrogens (tertiary/aromatic N) is 2. The van der Waals surface area contributed by atoms with Gasteiger partial charge in [0.25, 0.3) is 0 Å². The van der Waals surface area contributed by atoms with Crippen molar-refractivity contribution in [3.05, 3.63) is 0 Å². The molecule has 5 nitrogen and oxygen atoms in total. The SMILES string of the molecule is CCOC(OCC)C(O)(N(C)C)N(C)C. The van der Waals surface area contributed by atoms with Crippen molar-refractivity contribution >= 4 is 0 Å². The molecule has 0 aliphatic heterocycles. The van der Waals surface area contributed by atoms with E-state index in [1.807, 2.05) is 13.8 Å². The summed E-state index contributed by atoms with van der Waals surface area (Å²) in [7, 11) is 7.13. The van der Waals surface area contributed by atoms with E-state index < -0.39 is 12.1 Å². The van der Waals surface area contributed by atoms with Crippen LogP contribution in [0.25, 0.3) is 0 Å². The highest BCUT2D eigenvalue weighted by atomic mass is 16.7. The van der Waals surface area contributed by atoms with Crippen molar-refractivity contribution in [3.8, 4) is 0 Å². The van der Waals surface area contributed by atoms with Crippen LogP contribution in [-0.2, 0) is 9.47 Å². The van der Waals surface area contributed by atoms with E-state index in [9.17, 15) is 5.11 Å². The molecule has 0 bridgehead atoms. The number of hydrogen-bond acceptors (Lipinski definition) is 5. The van der Waals surface area contributed by atoms with Gasteiger partial charge in [0.15, 0.2) is 0 Å². The highest BCUT2D eigenvalue weighted by Gasteiger charge is 2.43. The number of likely N-dealkylation sites (N-methyl/N-ethyl adjacent to an activating group) is 2. The van der Waals surface area contributed by atoms with Crippen molar-refractivity contribution in [3.63, 3.8) is 0 Å². The molecule has 0 aliphatic carbocycles. The second-order valence-corrected chi connectivity index (χ2v) is 3.72. The van der Waals surface area contributed by atoms with E-state index >= 15 is 0 Å². The third kappa shape index (κ3) is 3.39. The first-order valence-corrected chi connectivity index (χ1v) is 5.21. The summed E-state index contributed by atoms with van der Waals surface area (Å²) in [5.41, 5.74) is 0. The fraction of sp³-hybridized carbons (Fsp3) is 1.00. The molecule has 5 heteroatoms. The van der Waals surface area contributed by atoms with Crippen molar-refractivity contribution in [1.29, 1.82) is 0 Å². The predicted octanol–water partition coefficient (Wildman–Crippen LogP) is 0.155. The van der Waals surface area contributed by atoms with Gasteiger partial charge in [0.05, 0.1) is 0 Å². The van der Waals surface area contributed by atoms with Crippen LogP contribution >= 0.6 is 0 Å². The molecule has 1 N–H and O–H groups in total. The third-order valence-corrected chi connectivity index (χ3v) is 2.27. The molecule has 15 heavy (non-hydrogen) atoms. The third-order valence-electron chi connectivity index (χ3n) is 2.27. The van der Waals surface area contributed by atoms with Crippen LogP contribution in [0, 0.1) is 0 Å². The Kier molecular flexibility index (Phi) is 6.31. The lowest BCUT2D eigenvalue weighted by Gasteiger charge is -2.44. The second-order valence-electron chi connectivity index (χ2n) is 3.72. The van der Waals surface area contributed by atoms with E-state index in [1.165, 1.54) is 0 Å². The Morgan fingerprint density at radius 2 is 1.33 bits per heavy atom. The molecule has 92 valence electrons. The standard InChI is InChI=1S/C10H24N2O3/c1-7-14-9(15-8-2)10(13,11(3)4)12(5)6/h9,13H,7-8H2,1-6H3. The van der Waals surface area contributed by atoms with Crippen LogP contribution in [0.4, 0.5) is 0 Å². The van der Waals surface area contributed by atoms with Crippen molar-refractivity contribution in [2.75, 3.05) is 41.4 Å². The van der Waals surface area contributed by atoms with Crippen molar-refractivity contribution in [2.24, 2.45) is 0 Å². The van der Waals surface area contributed by atoms with Crippen LogP contribution < -0.4 is 0 Å². The highest BCUT2D eigenvalue weighted by molar-refractivity contribution is 4.76. The van der Waals surface area contributed by atoms with Gasteiger partial charge in [0.1, 0.15) is 0 Å². The Morgan fingerprint density at radius 3 is 1.53 bits per heavy atom.